The van der Waals surface area contributed by atoms with Crippen molar-refractivity contribution in [1.82, 2.24) is 4.57 Å². The number of nitrogens with zero attached hydrogens (tertiary/aromatic N) is 1. The second-order valence-corrected chi connectivity index (χ2v) is 9.35. The summed E-state index contributed by atoms with van der Waals surface area (Å²) in [7, 11) is 0. The highest BCUT2D eigenvalue weighted by molar-refractivity contribution is 6.16. The van der Waals surface area contributed by atoms with Crippen LogP contribution in [-0.2, 0) is 12.8 Å². The second kappa shape index (κ2) is 9.14. The first-order valence-electron chi connectivity index (χ1n) is 12.8. The number of hydrogen-bond acceptors (Lipinski definition) is 2. The Morgan fingerprint density at radius 3 is 2.23 bits per heavy atom. The summed E-state index contributed by atoms with van der Waals surface area (Å²) >= 11 is 0. The largest absolute Gasteiger partial charge is 0.493 e. The van der Waals surface area contributed by atoms with Crippen molar-refractivity contribution in [3.8, 4) is 28.3 Å². The average molecular weight is 462 g/mol. The number of rotatable bonds is 7. The fourth-order valence-corrected chi connectivity index (χ4v) is 5.46. The highest BCUT2D eigenvalue weighted by Crippen LogP contribution is 2.45. The highest BCUT2D eigenvalue weighted by Gasteiger charge is 2.26. The molecule has 0 aliphatic heterocycles. The van der Waals surface area contributed by atoms with Gasteiger partial charge in [0.25, 0.3) is 0 Å². The molecule has 1 aliphatic carbocycles. The first-order chi connectivity index (χ1) is 17.3. The van der Waals surface area contributed by atoms with Crippen LogP contribution >= 0.6 is 0 Å². The van der Waals surface area contributed by atoms with E-state index in [9.17, 15) is 0 Å². The lowest BCUT2D eigenvalue weighted by Gasteiger charge is -2.20. The Bertz CT molecular complexity index is 1500. The molecular formula is C32H31NO2. The molecule has 0 fully saturated rings. The highest BCUT2D eigenvalue weighted by atomic mass is 16.5. The summed E-state index contributed by atoms with van der Waals surface area (Å²) in [6.45, 7) is 5.66. The van der Waals surface area contributed by atoms with Gasteiger partial charge in [-0.1, -0.05) is 68.4 Å². The standard InChI is InChI=1S/C32H31NO2/c1-3-17-34-25-19-24(20-26(21-25)35-18-4-2)33-29-15-13-22-9-5-7-11-27(22)31(29)32-28-12-8-6-10-23(28)14-16-30(32)33/h5-13,15,19-21H,3-4,14,16-18H2,1-2H3. The number of benzene rings is 4. The lowest BCUT2D eigenvalue weighted by atomic mass is 9.87. The van der Waals surface area contributed by atoms with Crippen molar-refractivity contribution in [2.75, 3.05) is 13.2 Å². The van der Waals surface area contributed by atoms with E-state index in [1.54, 1.807) is 0 Å². The van der Waals surface area contributed by atoms with Crippen LogP contribution in [0.1, 0.15) is 37.9 Å². The van der Waals surface area contributed by atoms with Gasteiger partial charge in [0.1, 0.15) is 11.5 Å². The molecule has 1 aliphatic rings. The van der Waals surface area contributed by atoms with E-state index >= 15 is 0 Å². The van der Waals surface area contributed by atoms with Crippen LogP contribution in [0, 0.1) is 0 Å². The molecule has 0 bridgehead atoms. The topological polar surface area (TPSA) is 23.4 Å². The van der Waals surface area contributed by atoms with Crippen LogP contribution < -0.4 is 9.47 Å². The number of ether oxygens (including phenoxy) is 2. The quantitative estimate of drug-likeness (QED) is 0.244. The van der Waals surface area contributed by atoms with Gasteiger partial charge in [0.05, 0.1) is 24.4 Å². The van der Waals surface area contributed by atoms with Gasteiger partial charge in [-0.3, -0.25) is 0 Å². The minimum absolute atomic E-state index is 0.694. The summed E-state index contributed by atoms with van der Waals surface area (Å²) in [4.78, 5) is 0. The smallest absolute Gasteiger partial charge is 0.125 e. The number of hydrogen-bond donors (Lipinski definition) is 0. The Hall–Kier alpha value is -3.72. The van der Waals surface area contributed by atoms with Gasteiger partial charge < -0.3 is 14.0 Å². The molecule has 0 N–H and O–H groups in total. The van der Waals surface area contributed by atoms with Gasteiger partial charge >= 0.3 is 0 Å². The van der Waals surface area contributed by atoms with Gasteiger partial charge in [0.2, 0.25) is 0 Å². The zero-order valence-electron chi connectivity index (χ0n) is 20.5. The van der Waals surface area contributed by atoms with Crippen molar-refractivity contribution in [1.29, 1.82) is 0 Å². The molecule has 0 unspecified atom stereocenters. The molecule has 5 aromatic rings. The maximum Gasteiger partial charge on any atom is 0.125 e. The zero-order valence-corrected chi connectivity index (χ0v) is 20.5. The Kier molecular flexibility index (Phi) is 5.69. The molecule has 0 saturated heterocycles. The Morgan fingerprint density at radius 1 is 0.743 bits per heavy atom. The normalized spacial score (nSPS) is 12.5. The van der Waals surface area contributed by atoms with Crippen molar-refractivity contribution in [2.45, 2.75) is 39.5 Å². The third-order valence-electron chi connectivity index (χ3n) is 6.94. The lowest BCUT2D eigenvalue weighted by molar-refractivity contribution is 0.301. The third kappa shape index (κ3) is 3.76. The molecular weight excluding hydrogens is 430 g/mol. The first kappa shape index (κ1) is 21.8. The summed E-state index contributed by atoms with van der Waals surface area (Å²) < 4.78 is 14.7. The minimum atomic E-state index is 0.694. The van der Waals surface area contributed by atoms with Gasteiger partial charge in [0, 0.05) is 34.8 Å². The zero-order chi connectivity index (χ0) is 23.8. The molecule has 35 heavy (non-hydrogen) atoms. The number of aromatic nitrogens is 1. The fraction of sp³-hybridized carbons (Fsp3) is 0.250. The van der Waals surface area contributed by atoms with Gasteiger partial charge in [-0.25, -0.2) is 0 Å². The predicted octanol–water partition coefficient (Wildman–Crippen LogP) is 8.13. The molecule has 1 aromatic heterocycles. The van der Waals surface area contributed by atoms with Gasteiger partial charge in [0.15, 0.2) is 0 Å². The number of aryl methyl sites for hydroxylation is 1. The van der Waals surface area contributed by atoms with Crippen molar-refractivity contribution in [3.05, 3.63) is 90.1 Å². The second-order valence-electron chi connectivity index (χ2n) is 9.35. The lowest BCUT2D eigenvalue weighted by Crippen LogP contribution is -2.08. The van der Waals surface area contributed by atoms with Crippen LogP contribution in [0.5, 0.6) is 11.5 Å². The maximum absolute atomic E-state index is 6.10. The van der Waals surface area contributed by atoms with Crippen molar-refractivity contribution in [2.24, 2.45) is 0 Å². The van der Waals surface area contributed by atoms with Crippen LogP contribution in [0.4, 0.5) is 0 Å². The molecule has 0 amide bonds. The molecule has 1 heterocycles. The molecule has 3 nitrogen and oxygen atoms in total. The molecule has 0 radical (unpaired) electrons. The summed E-state index contributed by atoms with van der Waals surface area (Å²) in [6.07, 6.45) is 3.99. The van der Waals surface area contributed by atoms with E-state index in [1.807, 2.05) is 6.07 Å². The van der Waals surface area contributed by atoms with E-state index in [4.69, 9.17) is 9.47 Å². The molecule has 6 rings (SSSR count). The Labute approximate surface area is 206 Å². The van der Waals surface area contributed by atoms with Crippen molar-refractivity contribution >= 4 is 21.7 Å². The van der Waals surface area contributed by atoms with Crippen molar-refractivity contribution < 1.29 is 9.47 Å². The monoisotopic (exact) mass is 461 g/mol. The summed E-state index contributed by atoms with van der Waals surface area (Å²) in [5, 5.41) is 3.91. The van der Waals surface area contributed by atoms with E-state index in [0.717, 1.165) is 42.9 Å². The van der Waals surface area contributed by atoms with Crippen molar-refractivity contribution in [3.63, 3.8) is 0 Å². The van der Waals surface area contributed by atoms with Crippen LogP contribution in [0.2, 0.25) is 0 Å². The average Bonchev–Trinajstić information content (AvgIpc) is 3.26. The predicted molar refractivity (Wildman–Crippen MR) is 145 cm³/mol. The van der Waals surface area contributed by atoms with E-state index in [2.05, 4.69) is 91.2 Å². The molecule has 0 spiro atoms. The van der Waals surface area contributed by atoms with Crippen LogP contribution in [0.3, 0.4) is 0 Å². The van der Waals surface area contributed by atoms with Crippen LogP contribution in [0.15, 0.2) is 78.9 Å². The van der Waals surface area contributed by atoms with Gasteiger partial charge in [-0.05, 0) is 53.6 Å². The third-order valence-corrected chi connectivity index (χ3v) is 6.94. The van der Waals surface area contributed by atoms with E-state index in [1.165, 1.54) is 44.1 Å². The van der Waals surface area contributed by atoms with Gasteiger partial charge in [-0.2, -0.15) is 0 Å². The molecule has 3 heteroatoms. The summed E-state index contributed by atoms with van der Waals surface area (Å²) in [5.74, 6) is 1.73. The molecule has 4 aromatic carbocycles. The fourth-order valence-electron chi connectivity index (χ4n) is 5.46. The number of fused-ring (bicyclic) bond motifs is 7. The summed E-state index contributed by atoms with van der Waals surface area (Å²) in [6, 6.07) is 28.5. The van der Waals surface area contributed by atoms with E-state index in [0.29, 0.717) is 13.2 Å². The minimum Gasteiger partial charge on any atom is -0.493 e. The first-order valence-corrected chi connectivity index (χ1v) is 12.8. The molecule has 176 valence electrons. The summed E-state index contributed by atoms with van der Waals surface area (Å²) in [5.41, 5.74) is 7.86. The van der Waals surface area contributed by atoms with E-state index < -0.39 is 0 Å². The molecule has 0 saturated carbocycles. The van der Waals surface area contributed by atoms with Crippen LogP contribution in [-0.4, -0.2) is 17.8 Å². The Balaban J connectivity index is 1.67. The van der Waals surface area contributed by atoms with Crippen LogP contribution in [0.25, 0.3) is 38.5 Å². The molecule has 0 atom stereocenters. The maximum atomic E-state index is 6.10. The van der Waals surface area contributed by atoms with Gasteiger partial charge in [-0.15, -0.1) is 0 Å². The SMILES string of the molecule is CCCOc1cc(OCCC)cc(-n2c3c(c4c5ccccc5ccc42)-c2ccccc2CC3)c1. The Morgan fingerprint density at radius 2 is 1.46 bits per heavy atom. The van der Waals surface area contributed by atoms with E-state index in [-0.39, 0.29) is 0 Å².